The van der Waals surface area contributed by atoms with Crippen LogP contribution in [0.25, 0.3) is 11.0 Å². The van der Waals surface area contributed by atoms with Gasteiger partial charge in [-0.25, -0.2) is 4.98 Å². The topological polar surface area (TPSA) is 90.6 Å². The molecule has 0 aliphatic carbocycles. The van der Waals surface area contributed by atoms with Gasteiger partial charge in [-0.05, 0) is 44.2 Å². The van der Waals surface area contributed by atoms with Crippen LogP contribution in [0.2, 0.25) is 5.02 Å². The molecule has 37 heavy (non-hydrogen) atoms. The molecule has 2 aromatic heterocycles. The number of ketones is 1. The Labute approximate surface area is 219 Å². The number of anilines is 2. The Morgan fingerprint density at radius 2 is 1.81 bits per heavy atom. The van der Waals surface area contributed by atoms with E-state index in [-0.39, 0.29) is 16.7 Å². The number of H-pyrrole nitrogens is 1. The van der Waals surface area contributed by atoms with Gasteiger partial charge in [0.15, 0.2) is 5.78 Å². The predicted octanol–water partition coefficient (Wildman–Crippen LogP) is 5.09. The number of nitrogens with zero attached hydrogens (tertiary/aromatic N) is 3. The first kappa shape index (κ1) is 23.5. The molecule has 0 atom stereocenters. The fourth-order valence-corrected chi connectivity index (χ4v) is 5.48. The second-order valence-corrected chi connectivity index (χ2v) is 10.1. The van der Waals surface area contributed by atoms with Crippen molar-refractivity contribution in [2.24, 2.45) is 0 Å². The smallest absolute Gasteiger partial charge is 0.252 e. The van der Waals surface area contributed by atoms with Crippen molar-refractivity contribution in [2.75, 3.05) is 37.4 Å². The Morgan fingerprint density at radius 3 is 2.54 bits per heavy atom. The first-order valence-corrected chi connectivity index (χ1v) is 12.6. The number of fused-ring (bicyclic) bond motifs is 3. The Morgan fingerprint density at radius 1 is 1.05 bits per heavy atom. The molecule has 2 aromatic carbocycles. The number of hydrogen-bond donors (Lipinski definition) is 2. The number of amides is 1. The Kier molecular flexibility index (Phi) is 5.66. The summed E-state index contributed by atoms with van der Waals surface area (Å²) in [5, 5.41) is 4.50. The van der Waals surface area contributed by atoms with Crippen molar-refractivity contribution in [1.29, 1.82) is 0 Å². The van der Waals surface area contributed by atoms with Gasteiger partial charge in [-0.1, -0.05) is 29.8 Å². The highest BCUT2D eigenvalue weighted by molar-refractivity contribution is 6.36. The van der Waals surface area contributed by atoms with Crippen molar-refractivity contribution >= 4 is 45.7 Å². The number of likely N-dealkylation sites (tertiary alicyclic amines) is 1. The van der Waals surface area contributed by atoms with Gasteiger partial charge in [0.1, 0.15) is 22.7 Å². The van der Waals surface area contributed by atoms with Crippen LogP contribution in [0.15, 0.2) is 60.9 Å². The Bertz CT molecular complexity index is 1530. The van der Waals surface area contributed by atoms with Crippen molar-refractivity contribution < 1.29 is 14.3 Å². The maximum absolute atomic E-state index is 13.8. The van der Waals surface area contributed by atoms with Crippen LogP contribution in [0.4, 0.5) is 11.4 Å². The van der Waals surface area contributed by atoms with Crippen molar-refractivity contribution in [3.8, 4) is 11.5 Å². The van der Waals surface area contributed by atoms with E-state index in [2.05, 4.69) is 27.2 Å². The molecule has 1 fully saturated rings. The number of ether oxygens (including phenoxy) is 1. The van der Waals surface area contributed by atoms with Crippen molar-refractivity contribution in [1.82, 2.24) is 14.9 Å². The van der Waals surface area contributed by atoms with Crippen LogP contribution in [0, 0.1) is 0 Å². The molecule has 0 saturated carbocycles. The highest BCUT2D eigenvalue weighted by Crippen LogP contribution is 2.44. The third-order valence-corrected chi connectivity index (χ3v) is 7.68. The molecule has 0 unspecified atom stereocenters. The summed E-state index contributed by atoms with van der Waals surface area (Å²) in [5.41, 5.74) is 2.04. The molecule has 2 aliphatic rings. The normalized spacial score (nSPS) is 17.1. The number of halogens is 1. The molecule has 2 aliphatic heterocycles. The number of aromatic nitrogens is 2. The molecule has 0 bridgehead atoms. The molecule has 4 heterocycles. The van der Waals surface area contributed by atoms with E-state index in [4.69, 9.17) is 16.3 Å². The maximum Gasteiger partial charge on any atom is 0.252 e. The number of carbonyl (C=O) groups is 2. The number of pyridine rings is 1. The predicted molar refractivity (Wildman–Crippen MR) is 144 cm³/mol. The SMILES string of the molecule is CN1CCC2(CC1)Nc1c(cnc3[nH]cc(C(=O)c4ccc(Oc5ccccc5)cc4Cl)c13)N(C)C2=O. The van der Waals surface area contributed by atoms with E-state index in [0.29, 0.717) is 52.2 Å². The van der Waals surface area contributed by atoms with Gasteiger partial charge in [-0.3, -0.25) is 9.59 Å². The standard InChI is InChI=1S/C28H26ClN5O3/c1-33-12-10-28(11-13-33)27(36)34(2)22-16-31-26-23(24(22)32-28)20(15-30-26)25(35)19-9-8-18(14-21(19)29)37-17-6-4-3-5-7-17/h3-9,14-16,32H,10-13H2,1-2H3,(H,30,31). The van der Waals surface area contributed by atoms with Crippen molar-refractivity contribution in [2.45, 2.75) is 18.4 Å². The largest absolute Gasteiger partial charge is 0.457 e. The van der Waals surface area contributed by atoms with Crippen LogP contribution in [0.3, 0.4) is 0 Å². The number of hydrogen-bond acceptors (Lipinski definition) is 6. The summed E-state index contributed by atoms with van der Waals surface area (Å²) in [5.74, 6) is 1.00. The van der Waals surface area contributed by atoms with E-state index in [1.54, 1.807) is 42.5 Å². The lowest BCUT2D eigenvalue weighted by molar-refractivity contribution is -0.124. The zero-order valence-electron chi connectivity index (χ0n) is 20.5. The number of para-hydroxylation sites is 1. The quantitative estimate of drug-likeness (QED) is 0.368. The summed E-state index contributed by atoms with van der Waals surface area (Å²) < 4.78 is 5.86. The number of aromatic amines is 1. The van der Waals surface area contributed by atoms with Gasteiger partial charge in [0, 0.05) is 38.0 Å². The second-order valence-electron chi connectivity index (χ2n) is 9.70. The summed E-state index contributed by atoms with van der Waals surface area (Å²) >= 11 is 6.57. The minimum Gasteiger partial charge on any atom is -0.457 e. The molecular formula is C28H26ClN5O3. The lowest BCUT2D eigenvalue weighted by Crippen LogP contribution is -2.60. The zero-order chi connectivity index (χ0) is 25.7. The molecule has 1 amide bonds. The molecule has 1 saturated heterocycles. The van der Waals surface area contributed by atoms with Gasteiger partial charge in [-0.2, -0.15) is 0 Å². The highest BCUT2D eigenvalue weighted by atomic mass is 35.5. The van der Waals surface area contributed by atoms with E-state index in [9.17, 15) is 9.59 Å². The Hall–Kier alpha value is -3.88. The van der Waals surface area contributed by atoms with E-state index in [1.165, 1.54) is 0 Å². The monoisotopic (exact) mass is 515 g/mol. The summed E-state index contributed by atoms with van der Waals surface area (Å²) in [6.07, 6.45) is 4.68. The van der Waals surface area contributed by atoms with Crippen LogP contribution in [0.5, 0.6) is 11.5 Å². The molecule has 0 radical (unpaired) electrons. The average Bonchev–Trinajstić information content (AvgIpc) is 3.34. The minimum atomic E-state index is -0.714. The fraction of sp³-hybridized carbons (Fsp3) is 0.250. The highest BCUT2D eigenvalue weighted by Gasteiger charge is 2.47. The van der Waals surface area contributed by atoms with E-state index >= 15 is 0 Å². The summed E-state index contributed by atoms with van der Waals surface area (Å²) in [6, 6.07) is 14.4. The Balaban J connectivity index is 1.39. The van der Waals surface area contributed by atoms with Gasteiger partial charge >= 0.3 is 0 Å². The molecule has 188 valence electrons. The molecule has 2 N–H and O–H groups in total. The lowest BCUT2D eigenvalue weighted by atomic mass is 9.83. The summed E-state index contributed by atoms with van der Waals surface area (Å²) in [7, 11) is 3.83. The number of carbonyl (C=O) groups excluding carboxylic acids is 2. The zero-order valence-corrected chi connectivity index (χ0v) is 21.3. The average molecular weight is 516 g/mol. The van der Waals surface area contributed by atoms with E-state index < -0.39 is 5.54 Å². The molecule has 4 aromatic rings. The minimum absolute atomic E-state index is 0.0229. The molecule has 1 spiro atoms. The van der Waals surface area contributed by atoms with Crippen molar-refractivity contribution in [3.63, 3.8) is 0 Å². The number of nitrogens with one attached hydrogen (secondary N) is 2. The van der Waals surface area contributed by atoms with E-state index in [1.807, 2.05) is 30.3 Å². The van der Waals surface area contributed by atoms with Crippen LogP contribution in [-0.4, -0.2) is 59.3 Å². The van der Waals surface area contributed by atoms with Crippen molar-refractivity contribution in [3.05, 3.63) is 77.1 Å². The molecule has 9 heteroatoms. The molecule has 8 nitrogen and oxygen atoms in total. The van der Waals surface area contributed by atoms with E-state index in [0.717, 1.165) is 18.8 Å². The molecular weight excluding hydrogens is 490 g/mol. The summed E-state index contributed by atoms with van der Waals surface area (Å²) in [4.78, 5) is 38.7. The van der Waals surface area contributed by atoms with Crippen LogP contribution in [0.1, 0.15) is 28.8 Å². The third kappa shape index (κ3) is 3.93. The van der Waals surface area contributed by atoms with Gasteiger partial charge in [0.2, 0.25) is 0 Å². The lowest BCUT2D eigenvalue weighted by Gasteiger charge is -2.46. The van der Waals surface area contributed by atoms with Crippen LogP contribution >= 0.6 is 11.6 Å². The van der Waals surface area contributed by atoms with Gasteiger partial charge in [0.05, 0.1) is 33.5 Å². The first-order chi connectivity index (χ1) is 17.9. The van der Waals surface area contributed by atoms with Crippen LogP contribution < -0.4 is 15.0 Å². The molecule has 6 rings (SSSR count). The van der Waals surface area contributed by atoms with Gasteiger partial charge in [0.25, 0.3) is 5.91 Å². The van der Waals surface area contributed by atoms with Gasteiger partial charge < -0.3 is 24.8 Å². The number of rotatable bonds is 4. The second kappa shape index (κ2) is 8.90. The summed E-state index contributed by atoms with van der Waals surface area (Å²) in [6.45, 7) is 1.62. The van der Waals surface area contributed by atoms with Gasteiger partial charge in [-0.15, -0.1) is 0 Å². The fourth-order valence-electron chi connectivity index (χ4n) is 5.22. The van der Waals surface area contributed by atoms with Crippen LogP contribution in [-0.2, 0) is 4.79 Å². The maximum atomic E-state index is 13.8. The number of likely N-dealkylation sites (N-methyl/N-ethyl adjacent to an activating group) is 1. The number of piperidine rings is 1. The number of benzene rings is 2. The first-order valence-electron chi connectivity index (χ1n) is 12.2. The third-order valence-electron chi connectivity index (χ3n) is 7.37.